The molecule has 1 atom stereocenters. The number of likely N-dealkylation sites (N-methyl/N-ethyl adjacent to an activating group) is 1. The van der Waals surface area contributed by atoms with E-state index in [0.29, 0.717) is 6.61 Å². The van der Waals surface area contributed by atoms with Crippen LogP contribution >= 0.6 is 0 Å². The molecule has 1 heterocycles. The third kappa shape index (κ3) is 6.31. The number of nitrogens with two attached hydrogens (primary N) is 1. The Morgan fingerprint density at radius 1 is 1.61 bits per heavy atom. The number of nitrogens with one attached hydrogen (secondary N) is 2. The Morgan fingerprint density at radius 2 is 2.44 bits per heavy atom. The predicted octanol–water partition coefficient (Wildman–Crippen LogP) is -0.393. The van der Waals surface area contributed by atoms with Crippen molar-refractivity contribution < 1.29 is 9.53 Å². The van der Waals surface area contributed by atoms with Gasteiger partial charge >= 0.3 is 0 Å². The molecule has 1 amide bonds. The third-order valence-electron chi connectivity index (χ3n) is 2.59. The first kappa shape index (κ1) is 14.6. The van der Waals surface area contributed by atoms with Gasteiger partial charge in [0, 0.05) is 26.1 Å². The number of carbonyl (C=O) groups excluding carboxylic acids is 1. The molecule has 0 aliphatic rings. The molecular weight excluding hydrogens is 234 g/mol. The van der Waals surface area contributed by atoms with Gasteiger partial charge in [-0.3, -0.25) is 9.89 Å². The average Bonchev–Trinajstić information content (AvgIpc) is 2.87. The molecule has 4 N–H and O–H groups in total. The van der Waals surface area contributed by atoms with Crippen molar-refractivity contribution in [3.05, 3.63) is 12.2 Å². The predicted molar refractivity (Wildman–Crippen MR) is 66.8 cm³/mol. The van der Waals surface area contributed by atoms with E-state index >= 15 is 0 Å². The molecular formula is C11H21N5O2. The summed E-state index contributed by atoms with van der Waals surface area (Å²) in [7, 11) is 1.58. The van der Waals surface area contributed by atoms with E-state index in [-0.39, 0.29) is 18.6 Å². The Kier molecular flexibility index (Phi) is 6.97. The Morgan fingerprint density at radius 3 is 3.11 bits per heavy atom. The second kappa shape index (κ2) is 8.60. The van der Waals surface area contributed by atoms with E-state index in [4.69, 9.17) is 10.5 Å². The summed E-state index contributed by atoms with van der Waals surface area (Å²) in [5, 5.41) is 9.14. The number of nitrogens with zero attached hydrogens (tertiary/aromatic N) is 2. The molecule has 0 saturated heterocycles. The molecule has 0 bridgehead atoms. The first-order chi connectivity index (χ1) is 8.72. The summed E-state index contributed by atoms with van der Waals surface area (Å²) in [5.74, 6) is 0.700. The number of carbonyl (C=O) groups is 1. The van der Waals surface area contributed by atoms with E-state index < -0.39 is 0 Å². The van der Waals surface area contributed by atoms with Crippen LogP contribution in [0.2, 0.25) is 0 Å². The molecule has 0 aliphatic carbocycles. The van der Waals surface area contributed by atoms with Crippen LogP contribution in [0.5, 0.6) is 0 Å². The zero-order chi connectivity index (χ0) is 13.2. The van der Waals surface area contributed by atoms with Gasteiger partial charge in [0.25, 0.3) is 0 Å². The lowest BCUT2D eigenvalue weighted by Gasteiger charge is -2.10. The van der Waals surface area contributed by atoms with Gasteiger partial charge in [-0.15, -0.1) is 0 Å². The monoisotopic (exact) mass is 255 g/mol. The first-order valence-electron chi connectivity index (χ1n) is 6.11. The Bertz CT molecular complexity index is 328. The fourth-order valence-corrected chi connectivity index (χ4v) is 1.49. The van der Waals surface area contributed by atoms with Gasteiger partial charge in [-0.1, -0.05) is 0 Å². The lowest BCUT2D eigenvalue weighted by Crippen LogP contribution is -2.26. The van der Waals surface area contributed by atoms with E-state index in [0.717, 1.165) is 31.5 Å². The summed E-state index contributed by atoms with van der Waals surface area (Å²) < 4.78 is 5.19. The second-order valence-electron chi connectivity index (χ2n) is 4.08. The first-order valence-corrected chi connectivity index (χ1v) is 6.11. The average molecular weight is 255 g/mol. The van der Waals surface area contributed by atoms with Crippen molar-refractivity contribution in [2.24, 2.45) is 5.73 Å². The van der Waals surface area contributed by atoms with Crippen LogP contribution < -0.4 is 11.1 Å². The van der Waals surface area contributed by atoms with Crippen LogP contribution in [0.4, 0.5) is 0 Å². The molecule has 1 aromatic heterocycles. The fourth-order valence-electron chi connectivity index (χ4n) is 1.49. The fraction of sp³-hybridized carbons (Fsp3) is 0.727. The third-order valence-corrected chi connectivity index (χ3v) is 2.59. The summed E-state index contributed by atoms with van der Waals surface area (Å²) in [4.78, 5) is 14.9. The van der Waals surface area contributed by atoms with Crippen molar-refractivity contribution in [2.75, 3.05) is 20.3 Å². The Hall–Kier alpha value is -1.47. The molecule has 0 aromatic carbocycles. The maximum Gasteiger partial charge on any atom is 0.245 e. The number of ether oxygens (including phenoxy) is 1. The Labute approximate surface area is 106 Å². The number of aromatic nitrogens is 3. The molecule has 1 unspecified atom stereocenters. The molecule has 1 aromatic rings. The minimum Gasteiger partial charge on any atom is -0.372 e. The van der Waals surface area contributed by atoms with Crippen molar-refractivity contribution in [2.45, 2.75) is 31.7 Å². The number of H-pyrrole nitrogens is 1. The van der Waals surface area contributed by atoms with Gasteiger partial charge in [0.15, 0.2) is 0 Å². The van der Waals surface area contributed by atoms with Crippen molar-refractivity contribution >= 4 is 5.91 Å². The minimum atomic E-state index is -0.117. The highest BCUT2D eigenvalue weighted by molar-refractivity contribution is 5.76. The van der Waals surface area contributed by atoms with Crippen LogP contribution in [0.1, 0.15) is 25.1 Å². The van der Waals surface area contributed by atoms with Crippen molar-refractivity contribution in [3.8, 4) is 0 Å². The molecule has 7 nitrogen and oxygen atoms in total. The van der Waals surface area contributed by atoms with E-state index in [1.165, 1.54) is 0 Å². The van der Waals surface area contributed by atoms with Crippen LogP contribution in [0.3, 0.4) is 0 Å². The zero-order valence-corrected chi connectivity index (χ0v) is 10.7. The van der Waals surface area contributed by atoms with Crippen LogP contribution in [0.25, 0.3) is 0 Å². The molecule has 0 aliphatic heterocycles. The Balaban J connectivity index is 1.97. The molecule has 0 saturated carbocycles. The zero-order valence-electron chi connectivity index (χ0n) is 10.7. The molecule has 0 fully saturated rings. The summed E-state index contributed by atoms with van der Waals surface area (Å²) in [5.41, 5.74) is 5.93. The van der Waals surface area contributed by atoms with Gasteiger partial charge in [0.1, 0.15) is 18.8 Å². The highest BCUT2D eigenvalue weighted by Gasteiger charge is 2.05. The number of aryl methyl sites for hydroxylation is 1. The molecule has 0 radical (unpaired) electrons. The van der Waals surface area contributed by atoms with Crippen LogP contribution in [0.15, 0.2) is 6.33 Å². The summed E-state index contributed by atoms with van der Waals surface area (Å²) >= 11 is 0. The van der Waals surface area contributed by atoms with Crippen molar-refractivity contribution in [3.63, 3.8) is 0 Å². The topological polar surface area (TPSA) is 106 Å². The van der Waals surface area contributed by atoms with Gasteiger partial charge in [-0.05, 0) is 19.3 Å². The van der Waals surface area contributed by atoms with Gasteiger partial charge < -0.3 is 15.8 Å². The van der Waals surface area contributed by atoms with Gasteiger partial charge in [0.05, 0.1) is 0 Å². The highest BCUT2D eigenvalue weighted by Crippen LogP contribution is 2.03. The number of hydrogen-bond donors (Lipinski definition) is 3. The molecule has 0 spiro atoms. The van der Waals surface area contributed by atoms with Crippen LogP contribution in [-0.4, -0.2) is 47.4 Å². The summed E-state index contributed by atoms with van der Waals surface area (Å²) in [6, 6.07) is 0.0913. The number of hydrogen-bond acceptors (Lipinski definition) is 5. The van der Waals surface area contributed by atoms with E-state index in [1.807, 2.05) is 0 Å². The lowest BCUT2D eigenvalue weighted by atomic mass is 10.1. The molecule has 18 heavy (non-hydrogen) atoms. The second-order valence-corrected chi connectivity index (χ2v) is 4.08. The van der Waals surface area contributed by atoms with Crippen LogP contribution in [0, 0.1) is 0 Å². The van der Waals surface area contributed by atoms with E-state index in [9.17, 15) is 4.79 Å². The van der Waals surface area contributed by atoms with Crippen LogP contribution in [-0.2, 0) is 16.0 Å². The molecule has 102 valence electrons. The number of aromatic amines is 1. The normalized spacial score (nSPS) is 12.3. The standard InChI is InChI=1S/C11H21N5O2/c1-13-11(17)7-18-6-5-9(12)3-2-4-10-14-8-15-16-10/h8-9H,2-7,12H2,1H3,(H,13,17)(H,14,15,16). The number of amides is 1. The van der Waals surface area contributed by atoms with Gasteiger partial charge in [0.2, 0.25) is 5.91 Å². The lowest BCUT2D eigenvalue weighted by molar-refractivity contribution is -0.125. The van der Waals surface area contributed by atoms with E-state index in [2.05, 4.69) is 20.5 Å². The highest BCUT2D eigenvalue weighted by atomic mass is 16.5. The smallest absolute Gasteiger partial charge is 0.245 e. The molecule has 7 heteroatoms. The molecule has 1 rings (SSSR count). The largest absolute Gasteiger partial charge is 0.372 e. The quantitative estimate of drug-likeness (QED) is 0.521. The minimum absolute atomic E-state index is 0.0913. The van der Waals surface area contributed by atoms with Gasteiger partial charge in [-0.2, -0.15) is 5.10 Å². The van der Waals surface area contributed by atoms with Crippen molar-refractivity contribution in [1.29, 1.82) is 0 Å². The maximum absolute atomic E-state index is 10.9. The summed E-state index contributed by atoms with van der Waals surface area (Å²) in [6.45, 7) is 0.607. The van der Waals surface area contributed by atoms with E-state index in [1.54, 1.807) is 13.4 Å². The van der Waals surface area contributed by atoms with Gasteiger partial charge in [-0.25, -0.2) is 4.98 Å². The SMILES string of the molecule is CNC(=O)COCCC(N)CCCc1nc[nH]n1. The van der Waals surface area contributed by atoms with Crippen molar-refractivity contribution in [1.82, 2.24) is 20.5 Å². The number of rotatable bonds is 9. The summed E-state index contributed by atoms with van der Waals surface area (Å²) in [6.07, 6.45) is 5.01. The maximum atomic E-state index is 10.9.